The SMILES string of the molecule is Cn1ncc(C#N)c1NC(=O)Cn1cc(Cl)cn1. The van der Waals surface area contributed by atoms with Gasteiger partial charge in [0.25, 0.3) is 0 Å². The number of amides is 1. The molecule has 0 aromatic carbocycles. The quantitative estimate of drug-likeness (QED) is 0.887. The van der Waals surface area contributed by atoms with E-state index in [0.717, 1.165) is 0 Å². The summed E-state index contributed by atoms with van der Waals surface area (Å²) >= 11 is 5.69. The maximum atomic E-state index is 11.7. The smallest absolute Gasteiger partial charge is 0.247 e. The van der Waals surface area contributed by atoms with Crippen molar-refractivity contribution in [1.29, 1.82) is 5.26 Å². The second kappa shape index (κ2) is 4.89. The first kappa shape index (κ1) is 12.1. The van der Waals surface area contributed by atoms with Crippen molar-refractivity contribution >= 4 is 23.3 Å². The Kier molecular flexibility index (Phi) is 3.30. The van der Waals surface area contributed by atoms with Crippen LogP contribution in [0.4, 0.5) is 5.82 Å². The first-order valence-electron chi connectivity index (χ1n) is 5.00. The standard InChI is InChI=1S/C10H9ClN6O/c1-16-10(7(2-12)3-13-16)15-9(18)6-17-5-8(11)4-14-17/h3-5H,6H2,1H3,(H,15,18). The molecule has 0 aliphatic carbocycles. The summed E-state index contributed by atoms with van der Waals surface area (Å²) in [5, 5.41) is 19.7. The molecule has 0 saturated carbocycles. The molecule has 0 bridgehead atoms. The largest absolute Gasteiger partial charge is 0.308 e. The molecule has 7 nitrogen and oxygen atoms in total. The predicted molar refractivity (Wildman–Crippen MR) is 63.8 cm³/mol. The van der Waals surface area contributed by atoms with Gasteiger partial charge in [-0.05, 0) is 0 Å². The molecule has 2 rings (SSSR count). The second-order valence-corrected chi connectivity index (χ2v) is 3.98. The second-order valence-electron chi connectivity index (χ2n) is 3.55. The number of aryl methyl sites for hydroxylation is 1. The zero-order chi connectivity index (χ0) is 13.1. The monoisotopic (exact) mass is 264 g/mol. The van der Waals surface area contributed by atoms with Crippen LogP contribution in [0, 0.1) is 11.3 Å². The molecule has 0 unspecified atom stereocenters. The summed E-state index contributed by atoms with van der Waals surface area (Å²) in [5.74, 6) is 0.0515. The van der Waals surface area contributed by atoms with E-state index in [2.05, 4.69) is 15.5 Å². The van der Waals surface area contributed by atoms with Gasteiger partial charge in [-0.2, -0.15) is 15.5 Å². The van der Waals surface area contributed by atoms with E-state index in [1.165, 1.54) is 28.0 Å². The molecule has 1 N–H and O–H groups in total. The zero-order valence-electron chi connectivity index (χ0n) is 9.46. The number of carbonyl (C=O) groups is 1. The van der Waals surface area contributed by atoms with Gasteiger partial charge in [0.1, 0.15) is 24.0 Å². The number of rotatable bonds is 3. The van der Waals surface area contributed by atoms with Crippen LogP contribution in [0.1, 0.15) is 5.56 Å². The number of hydrogen-bond donors (Lipinski definition) is 1. The number of hydrogen-bond acceptors (Lipinski definition) is 4. The van der Waals surface area contributed by atoms with Crippen LogP contribution in [0.3, 0.4) is 0 Å². The number of nitriles is 1. The van der Waals surface area contributed by atoms with Gasteiger partial charge in [-0.3, -0.25) is 14.2 Å². The summed E-state index contributed by atoms with van der Waals surface area (Å²) in [4.78, 5) is 11.7. The molecule has 92 valence electrons. The average Bonchev–Trinajstić information content (AvgIpc) is 2.87. The molecule has 2 aromatic heterocycles. The lowest BCUT2D eigenvalue weighted by atomic mass is 10.3. The van der Waals surface area contributed by atoms with Crippen LogP contribution in [-0.2, 0) is 18.4 Å². The maximum Gasteiger partial charge on any atom is 0.247 e. The first-order valence-corrected chi connectivity index (χ1v) is 5.38. The zero-order valence-corrected chi connectivity index (χ0v) is 10.2. The summed E-state index contributed by atoms with van der Waals surface area (Å²) < 4.78 is 2.83. The molecule has 0 aliphatic heterocycles. The van der Waals surface area contributed by atoms with E-state index in [-0.39, 0.29) is 12.5 Å². The minimum absolute atomic E-state index is 0.0166. The molecule has 0 spiro atoms. The average molecular weight is 265 g/mol. The van der Waals surface area contributed by atoms with E-state index in [0.29, 0.717) is 16.4 Å². The van der Waals surface area contributed by atoms with Gasteiger partial charge in [-0.1, -0.05) is 11.6 Å². The van der Waals surface area contributed by atoms with Crippen molar-refractivity contribution in [3.8, 4) is 6.07 Å². The highest BCUT2D eigenvalue weighted by Gasteiger charge is 2.12. The topological polar surface area (TPSA) is 88.5 Å². The summed E-state index contributed by atoms with van der Waals surface area (Å²) in [5.41, 5.74) is 0.310. The first-order chi connectivity index (χ1) is 8.60. The Bertz CT molecular complexity index is 623. The summed E-state index contributed by atoms with van der Waals surface area (Å²) in [6, 6.07) is 1.95. The van der Waals surface area contributed by atoms with Gasteiger partial charge in [0.15, 0.2) is 0 Å². The van der Waals surface area contributed by atoms with E-state index in [1.54, 1.807) is 7.05 Å². The van der Waals surface area contributed by atoms with E-state index >= 15 is 0 Å². The Balaban J connectivity index is 2.08. The fourth-order valence-electron chi connectivity index (χ4n) is 1.41. The van der Waals surface area contributed by atoms with E-state index < -0.39 is 0 Å². The minimum atomic E-state index is -0.310. The number of nitrogens with one attached hydrogen (secondary N) is 1. The van der Waals surface area contributed by atoms with Crippen molar-refractivity contribution in [2.45, 2.75) is 6.54 Å². The third kappa shape index (κ3) is 2.49. The predicted octanol–water partition coefficient (Wildman–Crippen LogP) is 0.780. The third-order valence-corrected chi connectivity index (χ3v) is 2.42. The van der Waals surface area contributed by atoms with Crippen molar-refractivity contribution in [3.63, 3.8) is 0 Å². The van der Waals surface area contributed by atoms with Crippen LogP contribution in [0.5, 0.6) is 0 Å². The van der Waals surface area contributed by atoms with Crippen molar-refractivity contribution in [1.82, 2.24) is 19.6 Å². The summed E-state index contributed by atoms with van der Waals surface area (Å²) in [6.45, 7) is 0.0166. The van der Waals surface area contributed by atoms with Crippen molar-refractivity contribution in [3.05, 3.63) is 29.2 Å². The molecule has 1 amide bonds. The molecule has 8 heteroatoms. The van der Waals surface area contributed by atoms with E-state index in [4.69, 9.17) is 16.9 Å². The highest BCUT2D eigenvalue weighted by Crippen LogP contribution is 2.12. The van der Waals surface area contributed by atoms with Crippen LogP contribution in [-0.4, -0.2) is 25.5 Å². The molecule has 18 heavy (non-hydrogen) atoms. The van der Waals surface area contributed by atoms with Gasteiger partial charge in [-0.15, -0.1) is 0 Å². The Hall–Kier alpha value is -2.33. The molecule has 0 fully saturated rings. The van der Waals surface area contributed by atoms with Gasteiger partial charge in [0.05, 0.1) is 17.4 Å². The maximum absolute atomic E-state index is 11.7. The lowest BCUT2D eigenvalue weighted by Gasteiger charge is -2.05. The number of carbonyl (C=O) groups excluding carboxylic acids is 1. The Morgan fingerprint density at radius 2 is 2.33 bits per heavy atom. The molecule has 2 heterocycles. The Labute approximate surface area is 108 Å². The Morgan fingerprint density at radius 1 is 1.56 bits per heavy atom. The molecule has 2 aromatic rings. The lowest BCUT2D eigenvalue weighted by molar-refractivity contribution is -0.116. The lowest BCUT2D eigenvalue weighted by Crippen LogP contribution is -2.21. The number of anilines is 1. The van der Waals surface area contributed by atoms with Crippen LogP contribution in [0.2, 0.25) is 5.02 Å². The van der Waals surface area contributed by atoms with Gasteiger partial charge < -0.3 is 5.32 Å². The molecule has 0 aliphatic rings. The van der Waals surface area contributed by atoms with Crippen LogP contribution < -0.4 is 5.32 Å². The Morgan fingerprint density at radius 3 is 2.94 bits per heavy atom. The van der Waals surface area contributed by atoms with Gasteiger partial charge >= 0.3 is 0 Å². The summed E-state index contributed by atoms with van der Waals surface area (Å²) in [6.07, 6.45) is 4.37. The number of nitrogens with zero attached hydrogens (tertiary/aromatic N) is 5. The highest BCUT2D eigenvalue weighted by atomic mass is 35.5. The van der Waals surface area contributed by atoms with Crippen LogP contribution in [0.25, 0.3) is 0 Å². The number of aromatic nitrogens is 4. The van der Waals surface area contributed by atoms with E-state index in [9.17, 15) is 4.79 Å². The van der Waals surface area contributed by atoms with Crippen molar-refractivity contribution in [2.75, 3.05) is 5.32 Å². The van der Waals surface area contributed by atoms with Crippen molar-refractivity contribution in [2.24, 2.45) is 7.05 Å². The van der Waals surface area contributed by atoms with Gasteiger partial charge in [0, 0.05) is 13.2 Å². The van der Waals surface area contributed by atoms with Crippen LogP contribution >= 0.6 is 11.6 Å². The number of halogens is 1. The molecular weight excluding hydrogens is 256 g/mol. The minimum Gasteiger partial charge on any atom is -0.308 e. The fraction of sp³-hybridized carbons (Fsp3) is 0.200. The molecule has 0 saturated heterocycles. The summed E-state index contributed by atoms with van der Waals surface area (Å²) in [7, 11) is 1.64. The molecule has 0 radical (unpaired) electrons. The molecule has 0 atom stereocenters. The van der Waals surface area contributed by atoms with Crippen LogP contribution in [0.15, 0.2) is 18.6 Å². The highest BCUT2D eigenvalue weighted by molar-refractivity contribution is 6.30. The third-order valence-electron chi connectivity index (χ3n) is 2.22. The van der Waals surface area contributed by atoms with E-state index in [1.807, 2.05) is 6.07 Å². The normalized spacial score (nSPS) is 10.1. The molecular formula is C10H9ClN6O. The van der Waals surface area contributed by atoms with Gasteiger partial charge in [-0.25, -0.2) is 0 Å². The fourth-order valence-corrected chi connectivity index (χ4v) is 1.57. The van der Waals surface area contributed by atoms with Gasteiger partial charge in [0.2, 0.25) is 5.91 Å². The van der Waals surface area contributed by atoms with Crippen molar-refractivity contribution < 1.29 is 4.79 Å².